The molecule has 1 aliphatic rings. The van der Waals surface area contributed by atoms with E-state index in [0.29, 0.717) is 13.0 Å². The minimum atomic E-state index is -3.64. The third-order valence-corrected chi connectivity index (χ3v) is 5.76. The van der Waals surface area contributed by atoms with Crippen LogP contribution in [0.3, 0.4) is 0 Å². The van der Waals surface area contributed by atoms with Gasteiger partial charge in [0.25, 0.3) is 0 Å². The van der Waals surface area contributed by atoms with Crippen molar-refractivity contribution in [3.05, 3.63) is 29.8 Å². The molecule has 2 atom stereocenters. The summed E-state index contributed by atoms with van der Waals surface area (Å²) in [6.45, 7) is 4.20. The van der Waals surface area contributed by atoms with Crippen LogP contribution in [0.1, 0.15) is 18.9 Å². The van der Waals surface area contributed by atoms with Crippen molar-refractivity contribution in [3.63, 3.8) is 0 Å². The first-order valence-electron chi connectivity index (χ1n) is 7.38. The van der Waals surface area contributed by atoms with Gasteiger partial charge in [0, 0.05) is 19.5 Å². The second kappa shape index (κ2) is 5.90. The summed E-state index contributed by atoms with van der Waals surface area (Å²) in [6, 6.07) is 6.70. The van der Waals surface area contributed by atoms with E-state index >= 15 is 0 Å². The molecule has 1 aliphatic heterocycles. The van der Waals surface area contributed by atoms with Gasteiger partial charge in [-0.05, 0) is 26.0 Å². The van der Waals surface area contributed by atoms with E-state index in [1.807, 2.05) is 6.92 Å². The minimum Gasteiger partial charge on any atom is -0.383 e. The maximum atomic E-state index is 12.8. The average molecular weight is 329 g/mol. The highest BCUT2D eigenvalue weighted by atomic mass is 32.2. The summed E-state index contributed by atoms with van der Waals surface area (Å²) in [5, 5.41) is 20.6. The Morgan fingerprint density at radius 3 is 2.45 bits per heavy atom. The van der Waals surface area contributed by atoms with Crippen LogP contribution in [0, 0.1) is 6.92 Å². The van der Waals surface area contributed by atoms with Crippen LogP contribution in [0.5, 0.6) is 0 Å². The number of β-amino-alcohol motifs (C(OH)–C–C–N with tert-alkyl or cyclic N) is 1. The Kier molecular flexibility index (Phi) is 4.66. The van der Waals surface area contributed by atoms with Crippen LogP contribution < -0.4 is 0 Å². The molecule has 1 saturated heterocycles. The lowest BCUT2D eigenvalue weighted by Gasteiger charge is -2.38. The molecule has 1 heterocycles. The molecule has 0 saturated carbocycles. The Balaban J connectivity index is 2.29. The molecule has 2 unspecified atom stereocenters. The van der Waals surface area contributed by atoms with Crippen molar-refractivity contribution < 1.29 is 23.4 Å². The summed E-state index contributed by atoms with van der Waals surface area (Å²) in [4.78, 5) is 0.232. The number of nitrogens with zero attached hydrogens (tertiary/aromatic N) is 2. The van der Waals surface area contributed by atoms with Crippen LogP contribution >= 0.6 is 0 Å². The monoisotopic (exact) mass is 329 g/mol. The summed E-state index contributed by atoms with van der Waals surface area (Å²) in [7, 11) is -2.02. The minimum absolute atomic E-state index is 0.0301. The lowest BCUT2D eigenvalue weighted by molar-refractivity contribution is -1.09. The van der Waals surface area contributed by atoms with Gasteiger partial charge >= 0.3 is 0 Å². The Labute approximate surface area is 132 Å². The summed E-state index contributed by atoms with van der Waals surface area (Å²) >= 11 is 0. The van der Waals surface area contributed by atoms with E-state index in [1.54, 1.807) is 38.2 Å². The van der Waals surface area contributed by atoms with Gasteiger partial charge in [0.2, 0.25) is 10.0 Å². The fraction of sp³-hybridized carbons (Fsp3) is 0.600. The first-order chi connectivity index (χ1) is 10.0. The van der Waals surface area contributed by atoms with Crippen LogP contribution in [0.2, 0.25) is 0 Å². The van der Waals surface area contributed by atoms with Crippen molar-refractivity contribution in [2.75, 3.05) is 33.2 Å². The van der Waals surface area contributed by atoms with Crippen LogP contribution in [0.15, 0.2) is 29.2 Å². The maximum absolute atomic E-state index is 12.8. The third-order valence-electron chi connectivity index (χ3n) is 3.90. The van der Waals surface area contributed by atoms with Crippen molar-refractivity contribution in [2.45, 2.75) is 30.8 Å². The lowest BCUT2D eigenvalue weighted by Crippen LogP contribution is -2.58. The molecule has 1 aromatic carbocycles. The summed E-state index contributed by atoms with van der Waals surface area (Å²) in [5.41, 5.74) is -0.297. The van der Waals surface area contributed by atoms with Gasteiger partial charge in [0.15, 0.2) is 0 Å². The van der Waals surface area contributed by atoms with E-state index in [2.05, 4.69) is 0 Å². The van der Waals surface area contributed by atoms with E-state index in [1.165, 1.54) is 4.31 Å². The van der Waals surface area contributed by atoms with Crippen molar-refractivity contribution in [1.82, 2.24) is 4.31 Å². The number of hydrogen-bond acceptors (Lipinski definition) is 4. The van der Waals surface area contributed by atoms with Gasteiger partial charge < -0.3 is 5.11 Å². The van der Waals surface area contributed by atoms with Crippen molar-refractivity contribution in [2.24, 2.45) is 0 Å². The fourth-order valence-electron chi connectivity index (χ4n) is 2.97. The SMILES string of the molecule is Cc1ccc(S(=O)(=O)N2CCC[N+](C)(O)CC(C)(O)C2)cc1. The first kappa shape index (κ1) is 17.4. The molecule has 0 bridgehead atoms. The Morgan fingerprint density at radius 2 is 1.86 bits per heavy atom. The molecule has 22 heavy (non-hydrogen) atoms. The molecule has 0 radical (unpaired) electrons. The maximum Gasteiger partial charge on any atom is 0.243 e. The molecule has 2 rings (SSSR count). The van der Waals surface area contributed by atoms with Gasteiger partial charge in [-0.2, -0.15) is 8.95 Å². The number of aliphatic hydroxyl groups is 1. The molecule has 6 nitrogen and oxygen atoms in total. The lowest BCUT2D eigenvalue weighted by atomic mass is 10.1. The van der Waals surface area contributed by atoms with Crippen molar-refractivity contribution in [3.8, 4) is 0 Å². The van der Waals surface area contributed by atoms with Gasteiger partial charge in [-0.3, -0.25) is 0 Å². The van der Waals surface area contributed by atoms with Gasteiger partial charge in [0.05, 0.1) is 11.9 Å². The first-order valence-corrected chi connectivity index (χ1v) is 8.82. The predicted molar refractivity (Wildman–Crippen MR) is 82.9 cm³/mol. The second-order valence-corrected chi connectivity index (χ2v) is 8.66. The van der Waals surface area contributed by atoms with Crippen LogP contribution in [-0.4, -0.2) is 66.5 Å². The van der Waals surface area contributed by atoms with E-state index in [4.69, 9.17) is 0 Å². The summed E-state index contributed by atoms with van der Waals surface area (Å²) in [5.74, 6) is 0. The zero-order valence-electron chi connectivity index (χ0n) is 13.4. The third kappa shape index (κ3) is 4.05. The van der Waals surface area contributed by atoms with Gasteiger partial charge in [-0.25, -0.2) is 13.6 Å². The molecule has 1 fully saturated rings. The topological polar surface area (TPSA) is 77.8 Å². The quantitative estimate of drug-likeness (QED) is 0.793. The highest BCUT2D eigenvalue weighted by Crippen LogP contribution is 2.23. The number of aryl methyl sites for hydroxylation is 1. The normalized spacial score (nSPS) is 31.5. The zero-order valence-corrected chi connectivity index (χ0v) is 14.2. The standard InChI is InChI=1S/C15H25N2O4S/c1-13-5-7-14(8-6-13)22(20,21)16-9-4-10-17(3,19)12-15(2,18)11-16/h5-8,18-19H,4,9-12H2,1-3H3/q+1. The largest absolute Gasteiger partial charge is 0.383 e. The average Bonchev–Trinajstić information content (AvgIpc) is 2.34. The molecule has 1 aromatic rings. The summed E-state index contributed by atoms with van der Waals surface area (Å²) in [6.07, 6.45) is 0.536. The van der Waals surface area contributed by atoms with E-state index in [9.17, 15) is 18.7 Å². The number of likely N-dealkylation sites (N-methyl/N-ethyl adjacent to an activating group) is 1. The van der Waals surface area contributed by atoms with E-state index in [0.717, 1.165) is 5.56 Å². The Morgan fingerprint density at radius 1 is 1.27 bits per heavy atom. The van der Waals surface area contributed by atoms with Crippen LogP contribution in [0.25, 0.3) is 0 Å². The van der Waals surface area contributed by atoms with Crippen LogP contribution in [-0.2, 0) is 10.0 Å². The highest BCUT2D eigenvalue weighted by Gasteiger charge is 2.40. The number of quaternary nitrogens is 1. The second-order valence-electron chi connectivity index (χ2n) is 6.72. The molecule has 2 N–H and O–H groups in total. The molecular formula is C15H25N2O4S+. The zero-order chi connectivity index (χ0) is 16.6. The Hall–Kier alpha value is -0.990. The molecule has 0 amide bonds. The predicted octanol–water partition coefficient (Wildman–Crippen LogP) is 0.976. The van der Waals surface area contributed by atoms with Gasteiger partial charge in [0.1, 0.15) is 18.7 Å². The van der Waals surface area contributed by atoms with Crippen molar-refractivity contribution >= 4 is 10.0 Å². The molecule has 0 aromatic heterocycles. The van der Waals surface area contributed by atoms with Crippen molar-refractivity contribution in [1.29, 1.82) is 0 Å². The summed E-state index contributed by atoms with van der Waals surface area (Å²) < 4.78 is 26.5. The smallest absolute Gasteiger partial charge is 0.243 e. The van der Waals surface area contributed by atoms with Crippen LogP contribution in [0.4, 0.5) is 0 Å². The number of hydrogen-bond donors (Lipinski definition) is 2. The highest BCUT2D eigenvalue weighted by molar-refractivity contribution is 7.89. The Bertz CT molecular complexity index is 623. The number of rotatable bonds is 2. The van der Waals surface area contributed by atoms with E-state index in [-0.39, 0.29) is 29.2 Å². The molecule has 0 aliphatic carbocycles. The molecule has 0 spiro atoms. The number of sulfonamides is 1. The fourth-order valence-corrected chi connectivity index (χ4v) is 4.57. The number of benzene rings is 1. The number of hydroxylamine groups is 3. The molecule has 124 valence electrons. The van der Waals surface area contributed by atoms with E-state index < -0.39 is 15.6 Å². The molecule has 7 heteroatoms. The molecular weight excluding hydrogens is 304 g/mol. The van der Waals surface area contributed by atoms with Gasteiger partial charge in [-0.15, -0.1) is 0 Å². The van der Waals surface area contributed by atoms with Gasteiger partial charge in [-0.1, -0.05) is 17.7 Å².